The molecule has 104 valence electrons. The molecule has 19 heavy (non-hydrogen) atoms. The van der Waals surface area contributed by atoms with Crippen molar-refractivity contribution in [2.75, 3.05) is 44.6 Å². The van der Waals surface area contributed by atoms with Gasteiger partial charge >= 0.3 is 0 Å². The fourth-order valence-electron chi connectivity index (χ4n) is 2.29. The van der Waals surface area contributed by atoms with Crippen LogP contribution in [0.1, 0.15) is 23.7 Å². The smallest absolute Gasteiger partial charge is 0.159 e. The minimum absolute atomic E-state index is 0.116. The van der Waals surface area contributed by atoms with Gasteiger partial charge in [-0.1, -0.05) is 0 Å². The summed E-state index contributed by atoms with van der Waals surface area (Å²) >= 11 is 0. The molecule has 2 N–H and O–H groups in total. The van der Waals surface area contributed by atoms with E-state index >= 15 is 0 Å². The molecule has 0 spiro atoms. The Morgan fingerprint density at radius 3 is 2.58 bits per heavy atom. The molecule has 0 atom stereocenters. The van der Waals surface area contributed by atoms with Gasteiger partial charge in [-0.05, 0) is 44.2 Å². The third-order valence-corrected chi connectivity index (χ3v) is 3.48. The van der Waals surface area contributed by atoms with E-state index in [1.54, 1.807) is 6.92 Å². The molecule has 1 saturated heterocycles. The number of piperazine rings is 1. The van der Waals surface area contributed by atoms with Crippen molar-refractivity contribution in [1.29, 1.82) is 0 Å². The Bertz CT molecular complexity index is 396. The highest BCUT2D eigenvalue weighted by Crippen LogP contribution is 2.10. The van der Waals surface area contributed by atoms with Gasteiger partial charge in [0.2, 0.25) is 0 Å². The van der Waals surface area contributed by atoms with E-state index in [9.17, 15) is 4.79 Å². The molecule has 0 radical (unpaired) electrons. The number of ketones is 1. The van der Waals surface area contributed by atoms with Crippen LogP contribution < -0.4 is 10.6 Å². The number of carbonyl (C=O) groups is 1. The second-order valence-electron chi connectivity index (χ2n) is 5.01. The summed E-state index contributed by atoms with van der Waals surface area (Å²) in [5.41, 5.74) is 1.86. The number of nitrogens with one attached hydrogen (secondary N) is 2. The van der Waals surface area contributed by atoms with E-state index in [1.165, 1.54) is 0 Å². The summed E-state index contributed by atoms with van der Waals surface area (Å²) in [5.74, 6) is 0.116. The highest BCUT2D eigenvalue weighted by Gasteiger charge is 2.08. The lowest BCUT2D eigenvalue weighted by Gasteiger charge is -2.27. The van der Waals surface area contributed by atoms with Crippen LogP contribution in [0.3, 0.4) is 0 Å². The normalized spacial score (nSPS) is 16.3. The highest BCUT2D eigenvalue weighted by atomic mass is 16.1. The van der Waals surface area contributed by atoms with Gasteiger partial charge in [0.25, 0.3) is 0 Å². The molecule has 2 rings (SSSR count). The molecule has 1 aliphatic heterocycles. The van der Waals surface area contributed by atoms with Gasteiger partial charge in [0, 0.05) is 44.0 Å². The minimum Gasteiger partial charge on any atom is -0.385 e. The summed E-state index contributed by atoms with van der Waals surface area (Å²) in [6.45, 7) is 8.26. The molecule has 0 aromatic heterocycles. The summed E-state index contributed by atoms with van der Waals surface area (Å²) in [5, 5.41) is 6.76. The van der Waals surface area contributed by atoms with Crippen LogP contribution in [0.4, 0.5) is 5.69 Å². The second kappa shape index (κ2) is 7.26. The van der Waals surface area contributed by atoms with Gasteiger partial charge in [0.05, 0.1) is 0 Å². The number of nitrogens with zero attached hydrogens (tertiary/aromatic N) is 1. The topological polar surface area (TPSA) is 44.4 Å². The first-order chi connectivity index (χ1) is 9.25. The summed E-state index contributed by atoms with van der Waals surface area (Å²) in [7, 11) is 0. The Labute approximate surface area is 115 Å². The lowest BCUT2D eigenvalue weighted by Crippen LogP contribution is -2.44. The fraction of sp³-hybridized carbons (Fsp3) is 0.533. The lowest BCUT2D eigenvalue weighted by molar-refractivity contribution is 0.101. The zero-order valence-corrected chi connectivity index (χ0v) is 11.6. The number of rotatable bonds is 6. The molecule has 1 fully saturated rings. The molecule has 1 aromatic carbocycles. The number of anilines is 1. The van der Waals surface area contributed by atoms with Gasteiger partial charge in [0.1, 0.15) is 0 Å². The van der Waals surface area contributed by atoms with E-state index in [1.807, 2.05) is 24.3 Å². The molecular formula is C15H23N3O. The average Bonchev–Trinajstić information content (AvgIpc) is 2.45. The predicted octanol–water partition coefficient (Wildman–Crippen LogP) is 1.60. The second-order valence-corrected chi connectivity index (χ2v) is 5.01. The van der Waals surface area contributed by atoms with Gasteiger partial charge in [-0.2, -0.15) is 0 Å². The first-order valence-electron chi connectivity index (χ1n) is 7.03. The molecular weight excluding hydrogens is 238 g/mol. The maximum atomic E-state index is 11.2. The first kappa shape index (κ1) is 14.0. The zero-order valence-electron chi connectivity index (χ0n) is 11.6. The van der Waals surface area contributed by atoms with Crippen molar-refractivity contribution in [3.8, 4) is 0 Å². The molecule has 0 aliphatic carbocycles. The van der Waals surface area contributed by atoms with Crippen molar-refractivity contribution >= 4 is 11.5 Å². The third kappa shape index (κ3) is 4.65. The van der Waals surface area contributed by atoms with Crippen molar-refractivity contribution < 1.29 is 4.79 Å². The van der Waals surface area contributed by atoms with Crippen LogP contribution in [0.2, 0.25) is 0 Å². The van der Waals surface area contributed by atoms with Crippen molar-refractivity contribution in [2.24, 2.45) is 0 Å². The van der Waals surface area contributed by atoms with Crippen molar-refractivity contribution in [1.82, 2.24) is 10.2 Å². The Morgan fingerprint density at radius 2 is 1.95 bits per heavy atom. The molecule has 1 aromatic rings. The van der Waals surface area contributed by atoms with Gasteiger partial charge in [-0.3, -0.25) is 4.79 Å². The number of Topliss-reactive ketones (excluding diaryl/α,β-unsaturated/α-hetero) is 1. The van der Waals surface area contributed by atoms with Crippen LogP contribution in [0.5, 0.6) is 0 Å². The number of carbonyl (C=O) groups excluding carboxylic acids is 1. The molecule has 0 unspecified atom stereocenters. The average molecular weight is 261 g/mol. The van der Waals surface area contributed by atoms with Crippen LogP contribution in [0.25, 0.3) is 0 Å². The van der Waals surface area contributed by atoms with Crippen molar-refractivity contribution in [3.05, 3.63) is 29.8 Å². The van der Waals surface area contributed by atoms with Gasteiger partial charge in [-0.25, -0.2) is 0 Å². The largest absolute Gasteiger partial charge is 0.385 e. The van der Waals surface area contributed by atoms with Crippen LogP contribution >= 0.6 is 0 Å². The Morgan fingerprint density at radius 1 is 1.26 bits per heavy atom. The minimum atomic E-state index is 0.116. The quantitative estimate of drug-likeness (QED) is 0.603. The van der Waals surface area contributed by atoms with E-state index < -0.39 is 0 Å². The number of hydrogen-bond acceptors (Lipinski definition) is 4. The lowest BCUT2D eigenvalue weighted by atomic mass is 10.1. The van der Waals surface area contributed by atoms with E-state index in [0.29, 0.717) is 0 Å². The van der Waals surface area contributed by atoms with Crippen molar-refractivity contribution in [2.45, 2.75) is 13.3 Å². The molecule has 0 amide bonds. The maximum absolute atomic E-state index is 11.2. The van der Waals surface area contributed by atoms with E-state index in [0.717, 1.165) is 56.9 Å². The highest BCUT2D eigenvalue weighted by molar-refractivity contribution is 5.94. The molecule has 4 heteroatoms. The third-order valence-electron chi connectivity index (χ3n) is 3.48. The van der Waals surface area contributed by atoms with Crippen LogP contribution in [0.15, 0.2) is 24.3 Å². The molecule has 4 nitrogen and oxygen atoms in total. The van der Waals surface area contributed by atoms with Crippen LogP contribution in [0, 0.1) is 0 Å². The van der Waals surface area contributed by atoms with E-state index in [4.69, 9.17) is 0 Å². The summed E-state index contributed by atoms with van der Waals surface area (Å²) in [6, 6.07) is 7.70. The predicted molar refractivity (Wildman–Crippen MR) is 78.9 cm³/mol. The SMILES string of the molecule is CC(=O)c1ccc(NCCCN2CCNCC2)cc1. The number of hydrogen-bond donors (Lipinski definition) is 2. The molecule has 1 heterocycles. The first-order valence-corrected chi connectivity index (χ1v) is 7.03. The summed E-state index contributed by atoms with van der Waals surface area (Å²) in [4.78, 5) is 13.7. The molecule has 0 bridgehead atoms. The zero-order chi connectivity index (χ0) is 13.5. The van der Waals surface area contributed by atoms with Crippen LogP contribution in [-0.4, -0.2) is 50.0 Å². The monoisotopic (exact) mass is 261 g/mol. The summed E-state index contributed by atoms with van der Waals surface area (Å²) < 4.78 is 0. The van der Waals surface area contributed by atoms with Gasteiger partial charge in [-0.15, -0.1) is 0 Å². The fourth-order valence-corrected chi connectivity index (χ4v) is 2.29. The molecule has 0 saturated carbocycles. The Balaban J connectivity index is 1.66. The van der Waals surface area contributed by atoms with Crippen molar-refractivity contribution in [3.63, 3.8) is 0 Å². The van der Waals surface area contributed by atoms with E-state index in [-0.39, 0.29) is 5.78 Å². The maximum Gasteiger partial charge on any atom is 0.159 e. The summed E-state index contributed by atoms with van der Waals surface area (Å²) in [6.07, 6.45) is 1.15. The Hall–Kier alpha value is -1.39. The van der Waals surface area contributed by atoms with Crippen LogP contribution in [-0.2, 0) is 0 Å². The Kier molecular flexibility index (Phi) is 5.36. The van der Waals surface area contributed by atoms with E-state index in [2.05, 4.69) is 15.5 Å². The van der Waals surface area contributed by atoms with Gasteiger partial charge in [0.15, 0.2) is 5.78 Å². The molecule has 1 aliphatic rings. The standard InChI is InChI=1S/C15H23N3O/c1-13(19)14-3-5-15(6-4-14)17-7-2-10-18-11-8-16-9-12-18/h3-6,16-17H,2,7-12H2,1H3. The van der Waals surface area contributed by atoms with Gasteiger partial charge < -0.3 is 15.5 Å². The number of benzene rings is 1.